The molecule has 1 aromatic rings. The molecule has 1 rings (SSSR count). The van der Waals surface area contributed by atoms with E-state index in [1.54, 1.807) is 0 Å². The summed E-state index contributed by atoms with van der Waals surface area (Å²) in [6.45, 7) is 1.33. The van der Waals surface area contributed by atoms with Crippen LogP contribution in [0.25, 0.3) is 0 Å². The molecule has 2 N–H and O–H groups in total. The van der Waals surface area contributed by atoms with Crippen molar-refractivity contribution in [3.05, 3.63) is 15.9 Å². The van der Waals surface area contributed by atoms with Crippen LogP contribution < -0.4 is 0 Å². The van der Waals surface area contributed by atoms with Crippen LogP contribution in [0, 0.1) is 17.0 Å². The summed E-state index contributed by atoms with van der Waals surface area (Å²) in [5.41, 5.74) is 0. The standard InChI is InChI=1S/C6H9N3O4/c1-4-7-5(11)6(9(12)13)8(4)2-3-10/h10-11H,2-3H2,1H3. The summed E-state index contributed by atoms with van der Waals surface area (Å²) in [6, 6.07) is 0. The van der Waals surface area contributed by atoms with Crippen LogP contribution in [-0.2, 0) is 6.54 Å². The van der Waals surface area contributed by atoms with Crippen molar-refractivity contribution in [1.82, 2.24) is 9.55 Å². The van der Waals surface area contributed by atoms with Crippen molar-refractivity contribution >= 4 is 5.82 Å². The maximum atomic E-state index is 10.4. The highest BCUT2D eigenvalue weighted by Crippen LogP contribution is 2.25. The van der Waals surface area contributed by atoms with E-state index in [2.05, 4.69) is 4.98 Å². The second-order valence-corrected chi connectivity index (χ2v) is 2.44. The van der Waals surface area contributed by atoms with Crippen molar-refractivity contribution in [2.24, 2.45) is 0 Å². The third-order valence-corrected chi connectivity index (χ3v) is 1.61. The lowest BCUT2D eigenvalue weighted by Crippen LogP contribution is -2.07. The molecule has 0 aliphatic carbocycles. The van der Waals surface area contributed by atoms with E-state index < -0.39 is 16.6 Å². The van der Waals surface area contributed by atoms with E-state index in [9.17, 15) is 10.1 Å². The highest BCUT2D eigenvalue weighted by atomic mass is 16.6. The Balaban J connectivity index is 3.20. The summed E-state index contributed by atoms with van der Waals surface area (Å²) in [6.07, 6.45) is 0. The number of aliphatic hydroxyl groups is 1. The summed E-state index contributed by atoms with van der Waals surface area (Å²) in [7, 11) is 0. The van der Waals surface area contributed by atoms with Gasteiger partial charge in [0.15, 0.2) is 5.82 Å². The predicted octanol–water partition coefficient (Wildman–Crippen LogP) is -0.202. The smallest absolute Gasteiger partial charge is 0.387 e. The molecule has 0 spiro atoms. The lowest BCUT2D eigenvalue weighted by Gasteiger charge is -1.98. The molecule has 13 heavy (non-hydrogen) atoms. The maximum absolute atomic E-state index is 10.4. The number of rotatable bonds is 3. The van der Waals surface area contributed by atoms with Crippen LogP contribution in [0.3, 0.4) is 0 Å². The SMILES string of the molecule is Cc1nc(O)c([N+](=O)[O-])n1CCO. The lowest BCUT2D eigenvalue weighted by molar-refractivity contribution is -0.393. The lowest BCUT2D eigenvalue weighted by atomic mass is 10.6. The van der Waals surface area contributed by atoms with Gasteiger partial charge in [-0.2, -0.15) is 4.98 Å². The van der Waals surface area contributed by atoms with Gasteiger partial charge >= 0.3 is 11.7 Å². The molecule has 72 valence electrons. The van der Waals surface area contributed by atoms with Gasteiger partial charge in [-0.05, 0) is 4.92 Å². The average Bonchev–Trinajstić information content (AvgIpc) is 2.27. The highest BCUT2D eigenvalue weighted by molar-refractivity contribution is 5.35. The molecule has 0 amide bonds. The predicted molar refractivity (Wildman–Crippen MR) is 42.4 cm³/mol. The molecule has 0 aliphatic rings. The van der Waals surface area contributed by atoms with Crippen molar-refractivity contribution in [2.45, 2.75) is 13.5 Å². The van der Waals surface area contributed by atoms with Crippen molar-refractivity contribution < 1.29 is 15.1 Å². The van der Waals surface area contributed by atoms with Gasteiger partial charge in [-0.1, -0.05) is 0 Å². The molecule has 0 aromatic carbocycles. The Kier molecular flexibility index (Phi) is 2.47. The Labute approximate surface area is 73.4 Å². The zero-order chi connectivity index (χ0) is 10.0. The highest BCUT2D eigenvalue weighted by Gasteiger charge is 2.24. The summed E-state index contributed by atoms with van der Waals surface area (Å²) in [5, 5.41) is 28.1. The first-order chi connectivity index (χ1) is 6.07. The molecule has 1 aromatic heterocycles. The fourth-order valence-electron chi connectivity index (χ4n) is 1.09. The molecule has 1 heterocycles. The summed E-state index contributed by atoms with van der Waals surface area (Å²) < 4.78 is 1.15. The van der Waals surface area contributed by atoms with E-state index in [4.69, 9.17) is 10.2 Å². The molecule has 0 radical (unpaired) electrons. The fraction of sp³-hybridized carbons (Fsp3) is 0.500. The third-order valence-electron chi connectivity index (χ3n) is 1.61. The van der Waals surface area contributed by atoms with Crippen LogP contribution in [-0.4, -0.2) is 31.3 Å². The molecule has 0 saturated heterocycles. The van der Waals surface area contributed by atoms with Gasteiger partial charge in [0, 0.05) is 6.92 Å². The monoisotopic (exact) mass is 187 g/mol. The minimum Gasteiger partial charge on any atom is -0.487 e. The number of aromatic hydroxyl groups is 1. The van der Waals surface area contributed by atoms with Gasteiger partial charge in [0.05, 0.1) is 6.61 Å². The van der Waals surface area contributed by atoms with E-state index in [0.29, 0.717) is 5.82 Å². The molecular formula is C6H9N3O4. The second kappa shape index (κ2) is 3.40. The van der Waals surface area contributed by atoms with Crippen LogP contribution >= 0.6 is 0 Å². The van der Waals surface area contributed by atoms with E-state index in [0.717, 1.165) is 4.57 Å². The number of nitro groups is 1. The Morgan fingerprint density at radius 2 is 2.31 bits per heavy atom. The van der Waals surface area contributed by atoms with Gasteiger partial charge in [-0.25, -0.2) is 4.57 Å². The van der Waals surface area contributed by atoms with E-state index >= 15 is 0 Å². The van der Waals surface area contributed by atoms with Gasteiger partial charge in [-0.15, -0.1) is 0 Å². The number of aromatic nitrogens is 2. The zero-order valence-corrected chi connectivity index (χ0v) is 6.97. The normalized spacial score (nSPS) is 10.3. The van der Waals surface area contributed by atoms with Crippen molar-refractivity contribution in [3.8, 4) is 5.88 Å². The fourth-order valence-corrected chi connectivity index (χ4v) is 1.09. The topological polar surface area (TPSA) is 101 Å². The zero-order valence-electron chi connectivity index (χ0n) is 6.97. The van der Waals surface area contributed by atoms with Crippen LogP contribution in [0.1, 0.15) is 5.82 Å². The van der Waals surface area contributed by atoms with Gasteiger partial charge in [0.1, 0.15) is 6.54 Å². The Morgan fingerprint density at radius 1 is 1.69 bits per heavy atom. The first-order valence-corrected chi connectivity index (χ1v) is 3.59. The molecular weight excluding hydrogens is 178 g/mol. The van der Waals surface area contributed by atoms with Gasteiger partial charge in [-0.3, -0.25) is 0 Å². The van der Waals surface area contributed by atoms with Crippen LogP contribution in [0.4, 0.5) is 5.82 Å². The average molecular weight is 187 g/mol. The van der Waals surface area contributed by atoms with E-state index in [1.807, 2.05) is 0 Å². The second-order valence-electron chi connectivity index (χ2n) is 2.44. The Morgan fingerprint density at radius 3 is 2.77 bits per heavy atom. The largest absolute Gasteiger partial charge is 0.487 e. The minimum absolute atomic E-state index is 0.0513. The van der Waals surface area contributed by atoms with Crippen LogP contribution in [0.15, 0.2) is 0 Å². The maximum Gasteiger partial charge on any atom is 0.387 e. The summed E-state index contributed by atoms with van der Waals surface area (Å²) >= 11 is 0. The van der Waals surface area contributed by atoms with Crippen molar-refractivity contribution in [1.29, 1.82) is 0 Å². The quantitative estimate of drug-likeness (QED) is 0.504. The molecule has 0 saturated carbocycles. The molecule has 0 bridgehead atoms. The van der Waals surface area contributed by atoms with Crippen molar-refractivity contribution in [2.75, 3.05) is 6.61 Å². The van der Waals surface area contributed by atoms with E-state index in [-0.39, 0.29) is 13.2 Å². The number of aliphatic hydroxyl groups excluding tert-OH is 1. The minimum atomic E-state index is -0.731. The number of hydrogen-bond acceptors (Lipinski definition) is 5. The molecule has 0 atom stereocenters. The van der Waals surface area contributed by atoms with E-state index in [1.165, 1.54) is 6.92 Å². The van der Waals surface area contributed by atoms with Crippen LogP contribution in [0.5, 0.6) is 5.88 Å². The number of hydrogen-bond donors (Lipinski definition) is 2. The first-order valence-electron chi connectivity index (χ1n) is 3.59. The van der Waals surface area contributed by atoms with Gasteiger partial charge in [0.2, 0.25) is 0 Å². The van der Waals surface area contributed by atoms with Crippen molar-refractivity contribution in [3.63, 3.8) is 0 Å². The van der Waals surface area contributed by atoms with Gasteiger partial charge < -0.3 is 20.3 Å². The Hall–Kier alpha value is -1.63. The first kappa shape index (κ1) is 9.46. The van der Waals surface area contributed by atoms with Gasteiger partial charge in [0.25, 0.3) is 0 Å². The summed E-state index contributed by atoms with van der Waals surface area (Å²) in [5.74, 6) is -0.791. The number of nitrogens with zero attached hydrogens (tertiary/aromatic N) is 3. The number of aryl methyl sites for hydroxylation is 1. The molecule has 7 heteroatoms. The Bertz CT molecular complexity index is 333. The number of imidazole rings is 1. The third kappa shape index (κ3) is 1.59. The van der Waals surface area contributed by atoms with Crippen LogP contribution in [0.2, 0.25) is 0 Å². The summed E-state index contributed by atoms with van der Waals surface area (Å²) in [4.78, 5) is 13.2. The molecule has 7 nitrogen and oxygen atoms in total. The molecule has 0 aliphatic heterocycles. The molecule has 0 fully saturated rings. The molecule has 0 unspecified atom stereocenters.